The van der Waals surface area contributed by atoms with Gasteiger partial charge in [-0.3, -0.25) is 0 Å². The largest absolute Gasteiger partial charge is 0.460 e. The maximum atomic E-state index is 14.3. The van der Waals surface area contributed by atoms with E-state index in [0.29, 0.717) is 171 Å². The van der Waals surface area contributed by atoms with Gasteiger partial charge in [0.05, 0.1) is 218 Å². The van der Waals surface area contributed by atoms with E-state index in [9.17, 15) is 74.6 Å². The fourth-order valence-corrected chi connectivity index (χ4v) is 6.01. The summed E-state index contributed by atoms with van der Waals surface area (Å²) in [6, 6.07) is 4.23. The van der Waals surface area contributed by atoms with Gasteiger partial charge in [0.15, 0.2) is 0 Å². The first-order chi connectivity index (χ1) is 39.3. The molecule has 0 saturated carbocycles. The molecule has 17 nitrogen and oxygen atoms in total. The number of aliphatic hydroxyl groups is 1. The van der Waals surface area contributed by atoms with Crippen molar-refractivity contribution in [2.75, 3.05) is 211 Å². The summed E-state index contributed by atoms with van der Waals surface area (Å²) in [5.74, 6) is -56.5. The third kappa shape index (κ3) is 29.7. The van der Waals surface area contributed by atoms with Crippen molar-refractivity contribution in [1.82, 2.24) is 0 Å². The van der Waals surface area contributed by atoms with Crippen LogP contribution in [0.15, 0.2) is 24.3 Å². The number of rotatable bonds is 58. The molecular formula is C49H75F17O17. The lowest BCUT2D eigenvalue weighted by molar-refractivity contribution is -0.461. The Morgan fingerprint density at radius 3 is 0.663 bits per heavy atom. The standard InChI is InChI=1S/C49H75F17O17/c50-42(51,43(52,53)44(54,55)45(56,57)46(58,59)47(60,61)48(62,63)49(64,65)66)6-5-40-1-3-41(4-2-40)39-83-38-37-82-36-35-81-34-33-80-32-31-79-30-29-78-28-27-77-26-25-76-24-23-75-22-21-74-20-19-73-18-17-72-16-15-71-14-13-70-12-11-69-10-9-68-8-7-67/h1-4,67H,5-39H2. The SMILES string of the molecule is OCCOCCOCCOCCOCCOCCOCCOCCOCCOCCOCCOCCOCCOCCOCCOCCOCc1ccc(CCC(F)(F)C(F)(F)C(F)(F)C(F)(F)C(F)(F)C(F)(F)C(F)(F)C(F)(F)F)cc1. The fourth-order valence-electron chi connectivity index (χ4n) is 6.01. The predicted octanol–water partition coefficient (Wildman–Crippen LogP) is 7.39. The first-order valence-corrected chi connectivity index (χ1v) is 25.9. The summed E-state index contributed by atoms with van der Waals surface area (Å²) in [4.78, 5) is 0. The highest BCUT2D eigenvalue weighted by Crippen LogP contribution is 2.64. The Labute approximate surface area is 469 Å². The zero-order chi connectivity index (χ0) is 62.0. The van der Waals surface area contributed by atoms with Gasteiger partial charge in [-0.2, -0.15) is 74.6 Å². The van der Waals surface area contributed by atoms with Crippen LogP contribution in [0, 0.1) is 0 Å². The van der Waals surface area contributed by atoms with Gasteiger partial charge in [0.25, 0.3) is 0 Å². The summed E-state index contributed by atoms with van der Waals surface area (Å²) in [7, 11) is 0. The van der Waals surface area contributed by atoms with Crippen LogP contribution in [-0.4, -0.2) is 264 Å². The number of alkyl halides is 17. The van der Waals surface area contributed by atoms with Gasteiger partial charge in [-0.15, -0.1) is 0 Å². The number of ether oxygens (including phenoxy) is 16. The van der Waals surface area contributed by atoms with Crippen LogP contribution in [0.4, 0.5) is 74.6 Å². The van der Waals surface area contributed by atoms with E-state index >= 15 is 0 Å². The summed E-state index contributed by atoms with van der Waals surface area (Å²) in [6.07, 6.45) is -11.7. The van der Waals surface area contributed by atoms with Gasteiger partial charge in [0.2, 0.25) is 0 Å². The van der Waals surface area contributed by atoms with Crippen LogP contribution in [0.5, 0.6) is 0 Å². The minimum absolute atomic E-state index is 0.00751. The molecule has 0 amide bonds. The smallest absolute Gasteiger partial charge is 0.394 e. The highest BCUT2D eigenvalue weighted by Gasteiger charge is 2.95. The molecule has 0 radical (unpaired) electrons. The van der Waals surface area contributed by atoms with E-state index in [4.69, 9.17) is 80.9 Å². The van der Waals surface area contributed by atoms with E-state index in [0.717, 1.165) is 24.3 Å². The van der Waals surface area contributed by atoms with Gasteiger partial charge in [-0.1, -0.05) is 24.3 Å². The molecule has 83 heavy (non-hydrogen) atoms. The molecule has 0 aliphatic heterocycles. The van der Waals surface area contributed by atoms with Crippen LogP contribution in [-0.2, 0) is 88.8 Å². The molecule has 492 valence electrons. The van der Waals surface area contributed by atoms with Crippen LogP contribution in [0.1, 0.15) is 17.5 Å². The Kier molecular flexibility index (Phi) is 40.7. The van der Waals surface area contributed by atoms with E-state index in [-0.39, 0.29) is 58.4 Å². The highest BCUT2D eigenvalue weighted by molar-refractivity contribution is 5.23. The lowest BCUT2D eigenvalue weighted by atomic mass is 9.87. The molecular weight excluding hydrogens is 1180 g/mol. The first kappa shape index (κ1) is 78.4. The van der Waals surface area contributed by atoms with Crippen molar-refractivity contribution >= 4 is 0 Å². The summed E-state index contributed by atoms with van der Waals surface area (Å²) < 4.78 is 316. The zero-order valence-electron chi connectivity index (χ0n) is 45.5. The molecule has 0 heterocycles. The Morgan fingerprint density at radius 1 is 0.241 bits per heavy atom. The normalized spacial score (nSPS) is 13.5. The lowest BCUT2D eigenvalue weighted by Gasteiger charge is -2.42. The van der Waals surface area contributed by atoms with E-state index in [1.54, 1.807) is 0 Å². The van der Waals surface area contributed by atoms with E-state index in [1.165, 1.54) is 0 Å². The van der Waals surface area contributed by atoms with Crippen LogP contribution in [0.25, 0.3) is 0 Å². The number of aryl methyl sites for hydroxylation is 1. The summed E-state index contributed by atoms with van der Waals surface area (Å²) in [5, 5.41) is 8.60. The first-order valence-electron chi connectivity index (χ1n) is 25.9. The van der Waals surface area contributed by atoms with Crippen molar-refractivity contribution < 1.29 is 156 Å². The molecule has 0 fully saturated rings. The average molecular weight is 1260 g/mol. The predicted molar refractivity (Wildman–Crippen MR) is 254 cm³/mol. The highest BCUT2D eigenvalue weighted by atomic mass is 19.4. The minimum Gasteiger partial charge on any atom is -0.394 e. The maximum Gasteiger partial charge on any atom is 0.460 e. The minimum atomic E-state index is -8.66. The monoisotopic (exact) mass is 1260 g/mol. The molecule has 1 aromatic carbocycles. The van der Waals surface area contributed by atoms with Gasteiger partial charge in [0, 0.05) is 6.42 Å². The van der Waals surface area contributed by atoms with Gasteiger partial charge >= 0.3 is 47.6 Å². The molecule has 0 aliphatic rings. The number of halogens is 17. The molecule has 0 spiro atoms. The van der Waals surface area contributed by atoms with Gasteiger partial charge in [-0.05, 0) is 17.5 Å². The number of aliphatic hydroxyl groups excluding tert-OH is 1. The number of hydrogen-bond donors (Lipinski definition) is 1. The topological polar surface area (TPSA) is 168 Å². The van der Waals surface area contributed by atoms with Gasteiger partial charge in [0.1, 0.15) is 0 Å². The lowest BCUT2D eigenvalue weighted by Crippen LogP contribution is -2.74. The zero-order valence-corrected chi connectivity index (χ0v) is 45.5. The van der Waals surface area contributed by atoms with Crippen molar-refractivity contribution in [3.8, 4) is 0 Å². The number of hydrogen-bond acceptors (Lipinski definition) is 17. The van der Waals surface area contributed by atoms with Crippen LogP contribution < -0.4 is 0 Å². The molecule has 34 heteroatoms. The van der Waals surface area contributed by atoms with Gasteiger partial charge < -0.3 is 80.9 Å². The quantitative estimate of drug-likeness (QED) is 0.0506. The molecule has 0 unspecified atom stereocenters. The van der Waals surface area contributed by atoms with Crippen molar-refractivity contribution in [3.63, 3.8) is 0 Å². The molecule has 1 N–H and O–H groups in total. The summed E-state index contributed by atoms with van der Waals surface area (Å²) in [6.45, 7) is 11.1. The summed E-state index contributed by atoms with van der Waals surface area (Å²) in [5.41, 5.74) is -0.0395. The van der Waals surface area contributed by atoms with Crippen LogP contribution in [0.2, 0.25) is 0 Å². The van der Waals surface area contributed by atoms with Crippen molar-refractivity contribution in [2.45, 2.75) is 67.1 Å². The second-order valence-electron chi connectivity index (χ2n) is 16.9. The third-order valence-electron chi connectivity index (χ3n) is 10.6. The Morgan fingerprint density at radius 2 is 0.434 bits per heavy atom. The molecule has 0 atom stereocenters. The van der Waals surface area contributed by atoms with E-state index in [2.05, 4.69) is 0 Å². The number of benzene rings is 1. The second-order valence-corrected chi connectivity index (χ2v) is 16.9. The van der Waals surface area contributed by atoms with Crippen LogP contribution >= 0.6 is 0 Å². The molecule has 0 bridgehead atoms. The fraction of sp³-hybridized carbons (Fsp3) is 0.878. The van der Waals surface area contributed by atoms with E-state index < -0.39 is 60.5 Å². The molecule has 0 saturated heterocycles. The average Bonchev–Trinajstić information content (AvgIpc) is 1.14. The molecule has 1 rings (SSSR count). The molecule has 0 aliphatic carbocycles. The Bertz CT molecular complexity index is 1710. The second kappa shape index (κ2) is 43.1. The Hall–Kier alpha value is -2.65. The Balaban J connectivity index is 1.93. The van der Waals surface area contributed by atoms with Gasteiger partial charge in [-0.25, -0.2) is 0 Å². The van der Waals surface area contributed by atoms with Crippen LogP contribution in [0.3, 0.4) is 0 Å². The third-order valence-corrected chi connectivity index (χ3v) is 10.6. The summed E-state index contributed by atoms with van der Waals surface area (Å²) >= 11 is 0. The van der Waals surface area contributed by atoms with E-state index in [1.807, 2.05) is 0 Å². The van der Waals surface area contributed by atoms with Crippen molar-refractivity contribution in [2.24, 2.45) is 0 Å². The van der Waals surface area contributed by atoms with Crippen molar-refractivity contribution in [1.29, 1.82) is 0 Å². The molecule has 0 aromatic heterocycles. The molecule has 1 aromatic rings. The van der Waals surface area contributed by atoms with Crippen molar-refractivity contribution in [3.05, 3.63) is 35.4 Å². The maximum absolute atomic E-state index is 14.3.